The van der Waals surface area contributed by atoms with Gasteiger partial charge in [-0.15, -0.1) is 0 Å². The molecule has 0 aromatic carbocycles. The fourth-order valence-electron chi connectivity index (χ4n) is 3.40. The zero-order chi connectivity index (χ0) is 14.2. The molecule has 1 amide bonds. The van der Waals surface area contributed by atoms with Crippen LogP contribution < -0.4 is 0 Å². The Morgan fingerprint density at radius 2 is 2.38 bits per heavy atom. The number of likely N-dealkylation sites (tertiary alicyclic amines) is 1. The van der Waals surface area contributed by atoms with Crippen molar-refractivity contribution in [3.05, 3.63) is 42.9 Å². The minimum atomic E-state index is 0.123. The van der Waals surface area contributed by atoms with E-state index in [9.17, 15) is 4.79 Å². The molecule has 5 heteroatoms. The second-order valence-electron chi connectivity index (χ2n) is 6.05. The molecule has 5 nitrogen and oxygen atoms in total. The molecule has 0 N–H and O–H groups in total. The first-order valence-electron chi connectivity index (χ1n) is 7.62. The van der Waals surface area contributed by atoms with Gasteiger partial charge in [0.15, 0.2) is 0 Å². The van der Waals surface area contributed by atoms with E-state index in [-0.39, 0.29) is 5.92 Å². The van der Waals surface area contributed by atoms with E-state index in [1.54, 1.807) is 12.5 Å². The Balaban J connectivity index is 1.41. The maximum absolute atomic E-state index is 12.6. The topological polar surface area (TPSA) is 51.3 Å². The number of imidazole rings is 1. The first-order chi connectivity index (χ1) is 10.3. The zero-order valence-electron chi connectivity index (χ0n) is 11.9. The Morgan fingerprint density at radius 1 is 1.43 bits per heavy atom. The molecule has 2 aromatic heterocycles. The number of hydrogen-bond acceptors (Lipinski definition) is 3. The molecule has 2 fully saturated rings. The molecule has 4 rings (SSSR count). The molecule has 0 unspecified atom stereocenters. The molecular weight excluding hydrogens is 266 g/mol. The fourth-order valence-corrected chi connectivity index (χ4v) is 3.40. The lowest BCUT2D eigenvalue weighted by Crippen LogP contribution is -2.41. The molecule has 3 heterocycles. The summed E-state index contributed by atoms with van der Waals surface area (Å²) in [4.78, 5) is 18.8. The highest BCUT2D eigenvalue weighted by Crippen LogP contribution is 2.49. The fraction of sp³-hybridized carbons (Fsp3) is 0.500. The quantitative estimate of drug-likeness (QED) is 0.870. The molecule has 21 heavy (non-hydrogen) atoms. The standard InChI is InChI=1S/C16H19N3O2/c20-16(14-9-13(14)15-4-2-8-21-15)18-6-1-3-12(10-18)19-7-5-17-11-19/h2,4-5,7-8,11-14H,1,3,6,9-10H2/t12-,13-,14-/m1/s1. The average molecular weight is 285 g/mol. The molecule has 0 bridgehead atoms. The molecular formula is C16H19N3O2. The second-order valence-corrected chi connectivity index (χ2v) is 6.05. The lowest BCUT2D eigenvalue weighted by atomic mass is 10.0. The molecule has 1 saturated heterocycles. The molecule has 1 saturated carbocycles. The van der Waals surface area contributed by atoms with Crippen molar-refractivity contribution < 1.29 is 9.21 Å². The van der Waals surface area contributed by atoms with Crippen molar-refractivity contribution in [2.24, 2.45) is 5.92 Å². The van der Waals surface area contributed by atoms with Gasteiger partial charge in [0.05, 0.1) is 18.6 Å². The summed E-state index contributed by atoms with van der Waals surface area (Å²) in [5.74, 6) is 1.66. The Kier molecular flexibility index (Phi) is 3.05. The largest absolute Gasteiger partial charge is 0.469 e. The van der Waals surface area contributed by atoms with E-state index in [0.717, 1.165) is 38.1 Å². The summed E-state index contributed by atoms with van der Waals surface area (Å²) in [6.45, 7) is 1.68. The molecule has 1 aliphatic heterocycles. The number of nitrogens with zero attached hydrogens (tertiary/aromatic N) is 3. The van der Waals surface area contributed by atoms with Crippen LogP contribution in [-0.4, -0.2) is 33.4 Å². The Bertz CT molecular complexity index is 606. The van der Waals surface area contributed by atoms with Crippen LogP contribution in [0.25, 0.3) is 0 Å². The van der Waals surface area contributed by atoms with E-state index >= 15 is 0 Å². The van der Waals surface area contributed by atoms with Crippen molar-refractivity contribution in [3.8, 4) is 0 Å². The summed E-state index contributed by atoms with van der Waals surface area (Å²) in [7, 11) is 0. The van der Waals surface area contributed by atoms with E-state index in [1.807, 2.05) is 29.6 Å². The van der Waals surface area contributed by atoms with Crippen LogP contribution in [0.15, 0.2) is 41.5 Å². The van der Waals surface area contributed by atoms with Crippen LogP contribution in [0.5, 0.6) is 0 Å². The number of rotatable bonds is 3. The summed E-state index contributed by atoms with van der Waals surface area (Å²) in [6.07, 6.45) is 10.4. The van der Waals surface area contributed by atoms with Gasteiger partial charge in [0.1, 0.15) is 5.76 Å². The van der Waals surface area contributed by atoms with Crippen LogP contribution in [0.3, 0.4) is 0 Å². The van der Waals surface area contributed by atoms with Crippen LogP contribution in [0, 0.1) is 5.92 Å². The third kappa shape index (κ3) is 2.37. The van der Waals surface area contributed by atoms with E-state index in [1.165, 1.54) is 0 Å². The minimum Gasteiger partial charge on any atom is -0.469 e. The molecule has 1 aliphatic carbocycles. The average Bonchev–Trinajstić information content (AvgIpc) is 2.98. The van der Waals surface area contributed by atoms with Crippen LogP contribution >= 0.6 is 0 Å². The van der Waals surface area contributed by atoms with E-state index in [4.69, 9.17) is 4.42 Å². The number of carbonyl (C=O) groups is 1. The third-order valence-electron chi connectivity index (χ3n) is 4.67. The number of hydrogen-bond donors (Lipinski definition) is 0. The maximum atomic E-state index is 12.6. The number of aromatic nitrogens is 2. The van der Waals surface area contributed by atoms with E-state index in [2.05, 4.69) is 9.55 Å². The number of piperidine rings is 1. The summed E-state index contributed by atoms with van der Waals surface area (Å²) in [5.41, 5.74) is 0. The van der Waals surface area contributed by atoms with Crippen molar-refractivity contribution in [2.75, 3.05) is 13.1 Å². The number of amides is 1. The highest BCUT2D eigenvalue weighted by atomic mass is 16.3. The normalized spacial score (nSPS) is 28.6. The van der Waals surface area contributed by atoms with Gasteiger partial charge in [-0.1, -0.05) is 0 Å². The van der Waals surface area contributed by atoms with Crippen LogP contribution in [-0.2, 0) is 4.79 Å². The third-order valence-corrected chi connectivity index (χ3v) is 4.67. The maximum Gasteiger partial charge on any atom is 0.226 e. The van der Waals surface area contributed by atoms with Crippen molar-refractivity contribution in [1.82, 2.24) is 14.5 Å². The number of furan rings is 1. The molecule has 0 radical (unpaired) electrons. The Hall–Kier alpha value is -2.04. The van der Waals surface area contributed by atoms with Crippen molar-refractivity contribution in [1.29, 1.82) is 0 Å². The van der Waals surface area contributed by atoms with Crippen molar-refractivity contribution in [3.63, 3.8) is 0 Å². The molecule has 3 atom stereocenters. The molecule has 2 aliphatic rings. The Labute approximate surface area is 123 Å². The molecule has 110 valence electrons. The van der Waals surface area contributed by atoms with Crippen LogP contribution in [0.2, 0.25) is 0 Å². The summed E-state index contributed by atoms with van der Waals surface area (Å²) >= 11 is 0. The van der Waals surface area contributed by atoms with Gasteiger partial charge >= 0.3 is 0 Å². The van der Waals surface area contributed by atoms with Gasteiger partial charge < -0.3 is 13.9 Å². The predicted molar refractivity (Wildman–Crippen MR) is 76.6 cm³/mol. The summed E-state index contributed by atoms with van der Waals surface area (Å²) < 4.78 is 7.54. The smallest absolute Gasteiger partial charge is 0.226 e. The van der Waals surface area contributed by atoms with Crippen LogP contribution in [0.4, 0.5) is 0 Å². The molecule has 0 spiro atoms. The summed E-state index contributed by atoms with van der Waals surface area (Å²) in [6, 6.07) is 4.24. The lowest BCUT2D eigenvalue weighted by molar-refractivity contribution is -0.134. The van der Waals surface area contributed by atoms with Crippen molar-refractivity contribution >= 4 is 5.91 Å². The highest BCUT2D eigenvalue weighted by molar-refractivity contribution is 5.83. The number of carbonyl (C=O) groups excluding carboxylic acids is 1. The van der Waals surface area contributed by atoms with Gasteiger partial charge in [-0.25, -0.2) is 4.98 Å². The predicted octanol–water partition coefficient (Wildman–Crippen LogP) is 2.44. The van der Waals surface area contributed by atoms with E-state index in [0.29, 0.717) is 17.9 Å². The minimum absolute atomic E-state index is 0.123. The SMILES string of the molecule is O=C([C@@H]1C[C@H]1c1ccco1)N1CCC[C@@H](n2ccnc2)C1. The first kappa shape index (κ1) is 12.7. The second kappa shape index (κ2) is 5.06. The molecule has 2 aromatic rings. The van der Waals surface area contributed by atoms with Gasteiger partial charge in [0.2, 0.25) is 5.91 Å². The van der Waals surface area contributed by atoms with Crippen LogP contribution in [0.1, 0.15) is 37.0 Å². The van der Waals surface area contributed by atoms with E-state index < -0.39 is 0 Å². The van der Waals surface area contributed by atoms with Gasteiger partial charge in [0, 0.05) is 37.3 Å². The first-order valence-corrected chi connectivity index (χ1v) is 7.62. The zero-order valence-corrected chi connectivity index (χ0v) is 11.9. The monoisotopic (exact) mass is 285 g/mol. The van der Waals surface area contributed by atoms with Gasteiger partial charge in [-0.05, 0) is 31.4 Å². The van der Waals surface area contributed by atoms with Gasteiger partial charge in [-0.2, -0.15) is 0 Å². The Morgan fingerprint density at radius 3 is 3.14 bits per heavy atom. The van der Waals surface area contributed by atoms with Crippen molar-refractivity contribution in [2.45, 2.75) is 31.2 Å². The summed E-state index contributed by atoms with van der Waals surface area (Å²) in [5, 5.41) is 0. The highest BCUT2D eigenvalue weighted by Gasteiger charge is 2.48. The lowest BCUT2D eigenvalue weighted by Gasteiger charge is -2.33. The van der Waals surface area contributed by atoms with Gasteiger partial charge in [-0.3, -0.25) is 4.79 Å². The van der Waals surface area contributed by atoms with Gasteiger partial charge in [0.25, 0.3) is 0 Å².